The summed E-state index contributed by atoms with van der Waals surface area (Å²) in [5, 5.41) is 9.03. The fourth-order valence-corrected chi connectivity index (χ4v) is 5.28. The van der Waals surface area contributed by atoms with Crippen molar-refractivity contribution < 1.29 is 13.2 Å². The number of nitrogens with zero attached hydrogens (tertiary/aromatic N) is 4. The van der Waals surface area contributed by atoms with Gasteiger partial charge in [0.1, 0.15) is 0 Å². The molecule has 0 spiro atoms. The number of rotatable bonds is 3. The van der Waals surface area contributed by atoms with Crippen molar-refractivity contribution in [1.29, 1.82) is 5.26 Å². The average molecular weight is 389 g/mol. The molecule has 1 unspecified atom stereocenters. The van der Waals surface area contributed by atoms with Crippen LogP contribution in [0.25, 0.3) is 0 Å². The van der Waals surface area contributed by atoms with Crippen LogP contribution in [0.1, 0.15) is 31.7 Å². The van der Waals surface area contributed by atoms with E-state index in [1.165, 1.54) is 21.3 Å². The lowest BCUT2D eigenvalue weighted by molar-refractivity contribution is -0.129. The maximum Gasteiger partial charge on any atom is 0.243 e. The van der Waals surface area contributed by atoms with Gasteiger partial charge in [-0.05, 0) is 43.9 Å². The van der Waals surface area contributed by atoms with E-state index in [1.807, 2.05) is 13.0 Å². The van der Waals surface area contributed by atoms with Crippen molar-refractivity contribution in [3.63, 3.8) is 0 Å². The van der Waals surface area contributed by atoms with Crippen LogP contribution in [0.15, 0.2) is 34.2 Å². The molecular formula is C18H23N5O3S. The van der Waals surface area contributed by atoms with Gasteiger partial charge in [0.15, 0.2) is 5.96 Å². The van der Waals surface area contributed by atoms with Crippen LogP contribution >= 0.6 is 0 Å². The zero-order valence-electron chi connectivity index (χ0n) is 15.4. The first kappa shape index (κ1) is 19.3. The molecule has 144 valence electrons. The number of carbonyl (C=O) groups is 1. The first-order valence-corrected chi connectivity index (χ1v) is 10.2. The number of nitriles is 1. The zero-order chi connectivity index (χ0) is 19.8. The standard InChI is InChI=1S/C18H23N5O3S/c1-18(10-16(24)22(2)17(20)21-18)14-6-4-8-23(12-14)27(25,26)15-7-3-5-13(9-15)11-19/h3,5,7,9,14H,4,6,8,10,12H2,1-2H3,(H2,20,21)/t14?,18-/m0/s1. The van der Waals surface area contributed by atoms with Crippen molar-refractivity contribution >= 4 is 21.9 Å². The molecule has 27 heavy (non-hydrogen) atoms. The van der Waals surface area contributed by atoms with Crippen molar-refractivity contribution in [2.75, 3.05) is 20.1 Å². The van der Waals surface area contributed by atoms with E-state index < -0.39 is 15.6 Å². The fraction of sp³-hybridized carbons (Fsp3) is 0.500. The van der Waals surface area contributed by atoms with Crippen molar-refractivity contribution in [3.05, 3.63) is 29.8 Å². The first-order chi connectivity index (χ1) is 12.7. The van der Waals surface area contributed by atoms with Gasteiger partial charge in [-0.15, -0.1) is 0 Å². The van der Waals surface area contributed by atoms with Crippen molar-refractivity contribution in [2.24, 2.45) is 16.6 Å². The first-order valence-electron chi connectivity index (χ1n) is 8.79. The molecule has 0 aliphatic carbocycles. The SMILES string of the molecule is CN1C(=O)C[C@@](C)(C2CCCN(S(=O)(=O)c3cccc(C#N)c3)C2)N=C1N. The molecule has 1 saturated heterocycles. The molecule has 0 bridgehead atoms. The Labute approximate surface area is 159 Å². The number of piperidine rings is 1. The van der Waals surface area contributed by atoms with Crippen LogP contribution in [0, 0.1) is 17.2 Å². The number of aliphatic imine (C=N–C) groups is 1. The highest BCUT2D eigenvalue weighted by Gasteiger charge is 2.44. The summed E-state index contributed by atoms with van der Waals surface area (Å²) in [6.45, 7) is 2.53. The Bertz CT molecular complexity index is 937. The molecular weight excluding hydrogens is 366 g/mol. The van der Waals surface area contributed by atoms with E-state index in [0.29, 0.717) is 18.5 Å². The van der Waals surface area contributed by atoms with E-state index in [2.05, 4.69) is 4.99 Å². The molecule has 1 aromatic carbocycles. The molecule has 3 rings (SSSR count). The molecule has 0 saturated carbocycles. The summed E-state index contributed by atoms with van der Waals surface area (Å²) < 4.78 is 27.5. The minimum Gasteiger partial charge on any atom is -0.369 e. The second-order valence-electron chi connectivity index (χ2n) is 7.30. The third-order valence-electron chi connectivity index (χ3n) is 5.46. The number of carbonyl (C=O) groups excluding carboxylic acids is 1. The number of nitrogens with two attached hydrogens (primary N) is 1. The normalized spacial score (nSPS) is 27.1. The lowest BCUT2D eigenvalue weighted by atomic mass is 9.78. The molecule has 2 heterocycles. The Morgan fingerprint density at radius 3 is 2.81 bits per heavy atom. The maximum atomic E-state index is 13.0. The largest absolute Gasteiger partial charge is 0.369 e. The number of amides is 1. The smallest absolute Gasteiger partial charge is 0.243 e. The van der Waals surface area contributed by atoms with Gasteiger partial charge >= 0.3 is 0 Å². The molecule has 8 nitrogen and oxygen atoms in total. The topological polar surface area (TPSA) is 120 Å². The van der Waals surface area contributed by atoms with E-state index in [-0.39, 0.29) is 35.6 Å². The summed E-state index contributed by atoms with van der Waals surface area (Å²) in [6.07, 6.45) is 1.65. The van der Waals surface area contributed by atoms with Crippen LogP contribution in [0.5, 0.6) is 0 Å². The number of benzene rings is 1. The van der Waals surface area contributed by atoms with E-state index in [4.69, 9.17) is 11.0 Å². The summed E-state index contributed by atoms with van der Waals surface area (Å²) in [5.74, 6) is -0.0708. The Morgan fingerprint density at radius 2 is 2.15 bits per heavy atom. The summed E-state index contributed by atoms with van der Waals surface area (Å²) in [6, 6.07) is 7.98. The monoisotopic (exact) mass is 389 g/mol. The fourth-order valence-electron chi connectivity index (χ4n) is 3.71. The Balaban J connectivity index is 1.88. The Morgan fingerprint density at radius 1 is 1.41 bits per heavy atom. The third-order valence-corrected chi connectivity index (χ3v) is 7.32. The molecule has 1 fully saturated rings. The zero-order valence-corrected chi connectivity index (χ0v) is 16.2. The summed E-state index contributed by atoms with van der Waals surface area (Å²) in [4.78, 5) is 18.2. The second-order valence-corrected chi connectivity index (χ2v) is 9.24. The molecule has 2 aliphatic rings. The van der Waals surface area contributed by atoms with E-state index in [9.17, 15) is 13.2 Å². The van der Waals surface area contributed by atoms with Gasteiger partial charge in [0.05, 0.1) is 28.5 Å². The van der Waals surface area contributed by atoms with Crippen LogP contribution in [-0.2, 0) is 14.8 Å². The van der Waals surface area contributed by atoms with Gasteiger partial charge in [-0.2, -0.15) is 9.57 Å². The lowest BCUT2D eigenvalue weighted by Crippen LogP contribution is -2.54. The van der Waals surface area contributed by atoms with Crippen LogP contribution in [0.3, 0.4) is 0 Å². The van der Waals surface area contributed by atoms with Crippen LogP contribution < -0.4 is 5.73 Å². The highest BCUT2D eigenvalue weighted by Crippen LogP contribution is 2.37. The molecule has 1 amide bonds. The van der Waals surface area contributed by atoms with Gasteiger partial charge in [0.2, 0.25) is 15.9 Å². The Hall–Kier alpha value is -2.44. The molecule has 0 radical (unpaired) electrons. The minimum absolute atomic E-state index is 0.106. The molecule has 9 heteroatoms. The maximum absolute atomic E-state index is 13.0. The van der Waals surface area contributed by atoms with Gasteiger partial charge in [0, 0.05) is 20.1 Å². The molecule has 2 atom stereocenters. The average Bonchev–Trinajstić information content (AvgIpc) is 2.66. The molecule has 0 aromatic heterocycles. The van der Waals surface area contributed by atoms with Crippen molar-refractivity contribution in [2.45, 2.75) is 36.6 Å². The van der Waals surface area contributed by atoms with E-state index in [0.717, 1.165) is 6.42 Å². The number of sulfonamides is 1. The van der Waals surface area contributed by atoms with Crippen molar-refractivity contribution in [3.8, 4) is 6.07 Å². The highest BCUT2D eigenvalue weighted by molar-refractivity contribution is 7.89. The van der Waals surface area contributed by atoms with Gasteiger partial charge in [0.25, 0.3) is 0 Å². The van der Waals surface area contributed by atoms with Crippen LogP contribution in [0.4, 0.5) is 0 Å². The van der Waals surface area contributed by atoms with E-state index >= 15 is 0 Å². The molecule has 2 N–H and O–H groups in total. The highest BCUT2D eigenvalue weighted by atomic mass is 32.2. The van der Waals surface area contributed by atoms with Gasteiger partial charge in [-0.25, -0.2) is 13.4 Å². The summed E-state index contributed by atoms with van der Waals surface area (Å²) in [7, 11) is -2.14. The molecule has 2 aliphatic heterocycles. The second kappa shape index (κ2) is 6.94. The van der Waals surface area contributed by atoms with E-state index in [1.54, 1.807) is 19.2 Å². The van der Waals surface area contributed by atoms with Crippen molar-refractivity contribution in [1.82, 2.24) is 9.21 Å². The minimum atomic E-state index is -3.72. The van der Waals surface area contributed by atoms with Crippen LogP contribution in [-0.4, -0.2) is 55.2 Å². The third kappa shape index (κ3) is 3.55. The summed E-state index contributed by atoms with van der Waals surface area (Å²) in [5.41, 5.74) is 5.46. The predicted octanol–water partition coefficient (Wildman–Crippen LogP) is 0.894. The Kier molecular flexibility index (Phi) is 4.97. The quantitative estimate of drug-likeness (QED) is 0.823. The van der Waals surface area contributed by atoms with Gasteiger partial charge in [-0.3, -0.25) is 9.69 Å². The number of hydrogen-bond donors (Lipinski definition) is 1. The molecule has 1 aromatic rings. The summed E-state index contributed by atoms with van der Waals surface area (Å²) >= 11 is 0. The number of hydrogen-bond acceptors (Lipinski definition) is 6. The predicted molar refractivity (Wildman–Crippen MR) is 100 cm³/mol. The van der Waals surface area contributed by atoms with Gasteiger partial charge < -0.3 is 5.73 Å². The van der Waals surface area contributed by atoms with Gasteiger partial charge in [-0.1, -0.05) is 6.07 Å². The van der Waals surface area contributed by atoms with Crippen LogP contribution in [0.2, 0.25) is 0 Å². The number of guanidine groups is 1. The lowest BCUT2D eigenvalue weighted by Gasteiger charge is -2.43.